The minimum absolute atomic E-state index is 0.0589. The summed E-state index contributed by atoms with van der Waals surface area (Å²) >= 11 is 0. The average Bonchev–Trinajstić information content (AvgIpc) is 2.37. The summed E-state index contributed by atoms with van der Waals surface area (Å²) < 4.78 is 40.2. The van der Waals surface area contributed by atoms with Gasteiger partial charge in [0.05, 0.1) is 12.8 Å². The lowest BCUT2D eigenvalue weighted by molar-refractivity contribution is -0.274. The maximum Gasteiger partial charge on any atom is 0.573 e. The van der Waals surface area contributed by atoms with Gasteiger partial charge in [0, 0.05) is 13.1 Å². The number of halogens is 3. The van der Waals surface area contributed by atoms with Crippen LogP contribution in [0.2, 0.25) is 0 Å². The predicted octanol–water partition coefficient (Wildman–Crippen LogP) is 2.45. The van der Waals surface area contributed by atoms with Crippen LogP contribution < -0.4 is 4.74 Å². The second-order valence-electron chi connectivity index (χ2n) is 4.49. The first-order chi connectivity index (χ1) is 10.2. The predicted molar refractivity (Wildman–Crippen MR) is 71.3 cm³/mol. The van der Waals surface area contributed by atoms with Crippen LogP contribution in [0.5, 0.6) is 5.75 Å². The van der Waals surface area contributed by atoms with E-state index in [1.165, 1.54) is 17.0 Å². The monoisotopic (exact) mass is 319 g/mol. The van der Waals surface area contributed by atoms with Gasteiger partial charge in [-0.15, -0.1) is 13.2 Å². The highest BCUT2D eigenvalue weighted by molar-refractivity contribution is 5.79. The van der Waals surface area contributed by atoms with Crippen molar-refractivity contribution in [2.75, 3.05) is 13.1 Å². The number of carbonyl (C=O) groups excluding carboxylic acids is 1. The standard InChI is InChI=1S/C14H16F3NO4/c1-2-18(7-6-13(20)21)12(19)9-10-4-3-5-11(8-10)22-14(15,16)17/h3-5,8H,2,6-7,9H2,1H3,(H,20,21). The molecular weight excluding hydrogens is 303 g/mol. The molecule has 0 aliphatic heterocycles. The molecule has 0 aromatic heterocycles. The van der Waals surface area contributed by atoms with E-state index >= 15 is 0 Å². The third-order valence-corrected chi connectivity index (χ3v) is 2.82. The van der Waals surface area contributed by atoms with E-state index in [0.717, 1.165) is 12.1 Å². The Labute approximate surface area is 125 Å². The van der Waals surface area contributed by atoms with Gasteiger partial charge in [-0.1, -0.05) is 12.1 Å². The zero-order valence-electron chi connectivity index (χ0n) is 11.9. The van der Waals surface area contributed by atoms with Crippen LogP contribution in [0.25, 0.3) is 0 Å². The molecule has 0 atom stereocenters. The van der Waals surface area contributed by atoms with Crippen molar-refractivity contribution in [1.29, 1.82) is 0 Å². The molecule has 0 heterocycles. The molecule has 1 aromatic carbocycles. The molecule has 0 fully saturated rings. The molecule has 0 aliphatic carbocycles. The first-order valence-electron chi connectivity index (χ1n) is 6.55. The van der Waals surface area contributed by atoms with Crippen LogP contribution in [0.3, 0.4) is 0 Å². The Kier molecular flexibility index (Phi) is 6.21. The molecule has 0 saturated heterocycles. The molecule has 1 rings (SSSR count). The number of ether oxygens (including phenoxy) is 1. The molecule has 0 saturated carbocycles. The van der Waals surface area contributed by atoms with E-state index in [1.54, 1.807) is 6.92 Å². The molecule has 122 valence electrons. The summed E-state index contributed by atoms with van der Waals surface area (Å²) in [4.78, 5) is 23.9. The summed E-state index contributed by atoms with van der Waals surface area (Å²) in [6.07, 6.45) is -5.10. The van der Waals surface area contributed by atoms with Gasteiger partial charge in [0.25, 0.3) is 0 Å². The Morgan fingerprint density at radius 1 is 1.32 bits per heavy atom. The van der Waals surface area contributed by atoms with Crippen LogP contribution in [0.15, 0.2) is 24.3 Å². The van der Waals surface area contributed by atoms with Crippen molar-refractivity contribution in [3.63, 3.8) is 0 Å². The van der Waals surface area contributed by atoms with E-state index in [9.17, 15) is 22.8 Å². The normalized spacial score (nSPS) is 11.1. The van der Waals surface area contributed by atoms with Gasteiger partial charge in [0.2, 0.25) is 5.91 Å². The largest absolute Gasteiger partial charge is 0.573 e. The molecule has 8 heteroatoms. The first-order valence-corrected chi connectivity index (χ1v) is 6.55. The summed E-state index contributed by atoms with van der Waals surface area (Å²) in [5.41, 5.74) is 0.362. The van der Waals surface area contributed by atoms with Gasteiger partial charge in [0.15, 0.2) is 0 Å². The summed E-state index contributed by atoms with van der Waals surface area (Å²) in [6.45, 7) is 2.08. The minimum Gasteiger partial charge on any atom is -0.481 e. The number of amides is 1. The molecule has 1 aromatic rings. The van der Waals surface area contributed by atoms with Gasteiger partial charge in [0.1, 0.15) is 5.75 Å². The Bertz CT molecular complexity index is 531. The van der Waals surface area contributed by atoms with Gasteiger partial charge in [-0.25, -0.2) is 0 Å². The topological polar surface area (TPSA) is 66.8 Å². The lowest BCUT2D eigenvalue weighted by Crippen LogP contribution is -2.34. The number of carboxylic acids is 1. The number of carboxylic acid groups (broad SMARTS) is 1. The molecule has 0 radical (unpaired) electrons. The molecule has 1 N–H and O–H groups in total. The van der Waals surface area contributed by atoms with Gasteiger partial charge in [-0.05, 0) is 24.6 Å². The van der Waals surface area contributed by atoms with Crippen LogP contribution in [0.4, 0.5) is 13.2 Å². The van der Waals surface area contributed by atoms with E-state index in [-0.39, 0.29) is 25.3 Å². The number of aliphatic carboxylic acids is 1. The van der Waals surface area contributed by atoms with Crippen LogP contribution in [0, 0.1) is 0 Å². The van der Waals surface area contributed by atoms with Crippen molar-refractivity contribution in [2.45, 2.75) is 26.1 Å². The van der Waals surface area contributed by atoms with E-state index in [0.29, 0.717) is 12.1 Å². The second kappa shape index (κ2) is 7.67. The van der Waals surface area contributed by atoms with Crippen LogP contribution >= 0.6 is 0 Å². The Morgan fingerprint density at radius 3 is 2.55 bits per heavy atom. The van der Waals surface area contributed by atoms with Crippen molar-refractivity contribution in [2.24, 2.45) is 0 Å². The number of carbonyl (C=O) groups is 2. The van der Waals surface area contributed by atoms with E-state index < -0.39 is 18.1 Å². The van der Waals surface area contributed by atoms with Gasteiger partial charge >= 0.3 is 12.3 Å². The van der Waals surface area contributed by atoms with E-state index in [2.05, 4.69) is 4.74 Å². The maximum atomic E-state index is 12.1. The number of likely N-dealkylation sites (N-methyl/N-ethyl adjacent to an activating group) is 1. The van der Waals surface area contributed by atoms with Crippen molar-refractivity contribution in [3.05, 3.63) is 29.8 Å². The third kappa shape index (κ3) is 6.47. The molecule has 0 aliphatic rings. The van der Waals surface area contributed by atoms with Crippen molar-refractivity contribution >= 4 is 11.9 Å². The number of hydrogen-bond donors (Lipinski definition) is 1. The van der Waals surface area contributed by atoms with Crippen LogP contribution in [-0.2, 0) is 16.0 Å². The molecule has 0 unspecified atom stereocenters. The first kappa shape index (κ1) is 17.8. The van der Waals surface area contributed by atoms with Crippen molar-refractivity contribution in [3.8, 4) is 5.75 Å². The lowest BCUT2D eigenvalue weighted by Gasteiger charge is -2.20. The fourth-order valence-electron chi connectivity index (χ4n) is 1.83. The molecule has 5 nitrogen and oxygen atoms in total. The van der Waals surface area contributed by atoms with E-state index in [1.807, 2.05) is 0 Å². The van der Waals surface area contributed by atoms with Gasteiger partial charge < -0.3 is 14.7 Å². The zero-order valence-corrected chi connectivity index (χ0v) is 11.9. The number of hydrogen-bond acceptors (Lipinski definition) is 3. The van der Waals surface area contributed by atoms with E-state index in [4.69, 9.17) is 5.11 Å². The summed E-state index contributed by atoms with van der Waals surface area (Å²) in [5.74, 6) is -1.77. The highest BCUT2D eigenvalue weighted by Crippen LogP contribution is 2.23. The quantitative estimate of drug-likeness (QED) is 0.838. The number of nitrogens with zero attached hydrogens (tertiary/aromatic N) is 1. The van der Waals surface area contributed by atoms with Crippen molar-refractivity contribution < 1.29 is 32.6 Å². The highest BCUT2D eigenvalue weighted by Gasteiger charge is 2.31. The lowest BCUT2D eigenvalue weighted by atomic mass is 10.1. The number of benzene rings is 1. The highest BCUT2D eigenvalue weighted by atomic mass is 19.4. The number of rotatable bonds is 7. The molecule has 0 bridgehead atoms. The van der Waals surface area contributed by atoms with Crippen LogP contribution in [0.1, 0.15) is 18.9 Å². The van der Waals surface area contributed by atoms with Crippen LogP contribution in [-0.4, -0.2) is 41.3 Å². The Balaban J connectivity index is 2.70. The fourth-order valence-corrected chi connectivity index (χ4v) is 1.83. The smallest absolute Gasteiger partial charge is 0.481 e. The van der Waals surface area contributed by atoms with Gasteiger partial charge in [-0.3, -0.25) is 9.59 Å². The maximum absolute atomic E-state index is 12.1. The summed E-state index contributed by atoms with van der Waals surface area (Å²) in [6, 6.07) is 5.14. The van der Waals surface area contributed by atoms with Gasteiger partial charge in [-0.2, -0.15) is 0 Å². The minimum atomic E-state index is -4.79. The van der Waals surface area contributed by atoms with Crippen molar-refractivity contribution in [1.82, 2.24) is 4.90 Å². The summed E-state index contributed by atoms with van der Waals surface area (Å²) in [5, 5.41) is 8.61. The summed E-state index contributed by atoms with van der Waals surface area (Å²) in [7, 11) is 0. The average molecular weight is 319 g/mol. The second-order valence-corrected chi connectivity index (χ2v) is 4.49. The number of alkyl halides is 3. The Morgan fingerprint density at radius 2 is 2.00 bits per heavy atom. The SMILES string of the molecule is CCN(CCC(=O)O)C(=O)Cc1cccc(OC(F)(F)F)c1. The Hall–Kier alpha value is -2.25. The fraction of sp³-hybridized carbons (Fsp3) is 0.429. The molecular formula is C14H16F3NO4. The third-order valence-electron chi connectivity index (χ3n) is 2.82. The molecule has 1 amide bonds. The molecule has 22 heavy (non-hydrogen) atoms. The molecule has 0 spiro atoms. The zero-order chi connectivity index (χ0) is 16.8.